The average molecular weight is 314 g/mol. The first-order chi connectivity index (χ1) is 11.3. The molecule has 2 aliphatic rings. The van der Waals surface area contributed by atoms with Crippen molar-refractivity contribution in [2.45, 2.75) is 57.9 Å². The molecule has 0 bridgehead atoms. The van der Waals surface area contributed by atoms with Gasteiger partial charge in [-0.1, -0.05) is 31.9 Å². The fraction of sp³-hybridized carbons (Fsp3) is 0.650. The minimum absolute atomic E-state index is 0.0749. The van der Waals surface area contributed by atoms with Gasteiger partial charge in [0.15, 0.2) is 0 Å². The summed E-state index contributed by atoms with van der Waals surface area (Å²) in [4.78, 5) is 14.9. The van der Waals surface area contributed by atoms with Crippen LogP contribution in [0.2, 0.25) is 0 Å². The summed E-state index contributed by atoms with van der Waals surface area (Å²) in [7, 11) is 0. The molecular weight excluding hydrogens is 284 g/mol. The second kappa shape index (κ2) is 7.96. The van der Waals surface area contributed by atoms with Crippen molar-refractivity contribution in [3.8, 4) is 0 Å². The molecule has 1 aromatic rings. The molecule has 1 heterocycles. The predicted molar refractivity (Wildman–Crippen MR) is 94.7 cm³/mol. The molecular formula is C20H30N2O. The van der Waals surface area contributed by atoms with Gasteiger partial charge >= 0.3 is 0 Å². The highest BCUT2D eigenvalue weighted by atomic mass is 16.1. The molecule has 23 heavy (non-hydrogen) atoms. The van der Waals surface area contributed by atoms with Gasteiger partial charge in [-0.25, -0.2) is 0 Å². The van der Waals surface area contributed by atoms with Crippen LogP contribution in [0.5, 0.6) is 0 Å². The molecule has 1 N–H and O–H groups in total. The molecule has 1 aliphatic carbocycles. The Morgan fingerprint density at radius 1 is 1.09 bits per heavy atom. The van der Waals surface area contributed by atoms with Crippen molar-refractivity contribution in [1.29, 1.82) is 0 Å². The van der Waals surface area contributed by atoms with Gasteiger partial charge in [0.2, 0.25) is 0 Å². The molecule has 0 unspecified atom stereocenters. The lowest BCUT2D eigenvalue weighted by molar-refractivity contribution is 0.0924. The van der Waals surface area contributed by atoms with Gasteiger partial charge in [0, 0.05) is 18.2 Å². The van der Waals surface area contributed by atoms with Crippen LogP contribution in [0.4, 0.5) is 0 Å². The standard InChI is InChI=1S/C20H30N2O/c1-2-16-7-9-18(10-8-16)20(23)21-15-17-11-13-22(14-12-17)19-5-3-4-6-19/h7-10,17,19H,2-6,11-15H2,1H3,(H,21,23). The molecule has 1 aromatic carbocycles. The van der Waals surface area contributed by atoms with Crippen LogP contribution >= 0.6 is 0 Å². The second-order valence-corrected chi connectivity index (χ2v) is 7.18. The van der Waals surface area contributed by atoms with Gasteiger partial charge < -0.3 is 10.2 Å². The highest BCUT2D eigenvalue weighted by Gasteiger charge is 2.27. The lowest BCUT2D eigenvalue weighted by atomic mass is 9.95. The molecule has 1 saturated heterocycles. The fourth-order valence-electron chi connectivity index (χ4n) is 4.02. The summed E-state index contributed by atoms with van der Waals surface area (Å²) in [5.41, 5.74) is 2.06. The molecule has 3 rings (SSSR count). The van der Waals surface area contributed by atoms with Crippen LogP contribution in [0.1, 0.15) is 61.4 Å². The Labute approximate surface area is 140 Å². The second-order valence-electron chi connectivity index (χ2n) is 7.18. The van der Waals surface area contributed by atoms with Gasteiger partial charge in [-0.05, 0) is 68.8 Å². The third kappa shape index (κ3) is 4.35. The first-order valence-electron chi connectivity index (χ1n) is 9.37. The Morgan fingerprint density at radius 3 is 2.35 bits per heavy atom. The lowest BCUT2D eigenvalue weighted by Crippen LogP contribution is -2.42. The maximum atomic E-state index is 12.2. The third-order valence-electron chi connectivity index (χ3n) is 5.67. The molecule has 3 heteroatoms. The van der Waals surface area contributed by atoms with Crippen LogP contribution in [0.3, 0.4) is 0 Å². The quantitative estimate of drug-likeness (QED) is 0.900. The van der Waals surface area contributed by atoms with Crippen LogP contribution in [0, 0.1) is 5.92 Å². The van der Waals surface area contributed by atoms with Crippen molar-refractivity contribution in [2.75, 3.05) is 19.6 Å². The van der Waals surface area contributed by atoms with E-state index in [1.165, 1.54) is 57.2 Å². The highest BCUT2D eigenvalue weighted by Crippen LogP contribution is 2.27. The number of nitrogens with one attached hydrogen (secondary N) is 1. The maximum absolute atomic E-state index is 12.2. The van der Waals surface area contributed by atoms with Crippen molar-refractivity contribution in [1.82, 2.24) is 10.2 Å². The molecule has 1 aliphatic heterocycles. The third-order valence-corrected chi connectivity index (χ3v) is 5.67. The number of carbonyl (C=O) groups excluding carboxylic acids is 1. The van der Waals surface area contributed by atoms with Crippen LogP contribution in [0.15, 0.2) is 24.3 Å². The van der Waals surface area contributed by atoms with E-state index in [0.29, 0.717) is 5.92 Å². The molecule has 1 amide bonds. The van der Waals surface area contributed by atoms with Gasteiger partial charge in [0.1, 0.15) is 0 Å². The van der Waals surface area contributed by atoms with Crippen LogP contribution in [-0.2, 0) is 6.42 Å². The van der Waals surface area contributed by atoms with E-state index in [2.05, 4.69) is 29.3 Å². The number of carbonyl (C=O) groups is 1. The first-order valence-corrected chi connectivity index (χ1v) is 9.37. The summed E-state index contributed by atoms with van der Waals surface area (Å²) >= 11 is 0. The Kier molecular flexibility index (Phi) is 5.71. The first kappa shape index (κ1) is 16.5. The summed E-state index contributed by atoms with van der Waals surface area (Å²) in [6, 6.07) is 8.83. The maximum Gasteiger partial charge on any atom is 0.251 e. The predicted octanol–water partition coefficient (Wildman–Crippen LogP) is 3.63. The minimum Gasteiger partial charge on any atom is -0.352 e. The Bertz CT molecular complexity index is 497. The van der Waals surface area contributed by atoms with E-state index >= 15 is 0 Å². The van der Waals surface area contributed by atoms with Crippen LogP contribution in [-0.4, -0.2) is 36.5 Å². The normalized spacial score (nSPS) is 20.7. The molecule has 2 fully saturated rings. The molecule has 1 saturated carbocycles. The molecule has 0 aromatic heterocycles. The Balaban J connectivity index is 1.41. The Hall–Kier alpha value is -1.35. The summed E-state index contributed by atoms with van der Waals surface area (Å²) in [6.45, 7) is 5.40. The van der Waals surface area contributed by atoms with E-state index < -0.39 is 0 Å². The van der Waals surface area contributed by atoms with E-state index in [4.69, 9.17) is 0 Å². The van der Waals surface area contributed by atoms with Gasteiger partial charge in [0.25, 0.3) is 5.91 Å². The summed E-state index contributed by atoms with van der Waals surface area (Å²) < 4.78 is 0. The number of hydrogen-bond donors (Lipinski definition) is 1. The van der Waals surface area contributed by atoms with Gasteiger partial charge in [-0.15, -0.1) is 0 Å². The summed E-state index contributed by atoms with van der Waals surface area (Å²) in [6.07, 6.45) is 9.10. The van der Waals surface area contributed by atoms with E-state index in [1.54, 1.807) is 0 Å². The SMILES string of the molecule is CCc1ccc(C(=O)NCC2CCN(C3CCCC3)CC2)cc1. The van der Waals surface area contributed by atoms with E-state index in [1.807, 2.05) is 12.1 Å². The number of benzene rings is 1. The minimum atomic E-state index is 0.0749. The zero-order valence-corrected chi connectivity index (χ0v) is 14.4. The van der Waals surface area contributed by atoms with Crippen molar-refractivity contribution in [2.24, 2.45) is 5.92 Å². The monoisotopic (exact) mass is 314 g/mol. The molecule has 3 nitrogen and oxygen atoms in total. The zero-order chi connectivity index (χ0) is 16.1. The lowest BCUT2D eigenvalue weighted by Gasteiger charge is -2.36. The number of likely N-dealkylation sites (tertiary alicyclic amines) is 1. The van der Waals surface area contributed by atoms with Gasteiger partial charge in [-0.2, -0.15) is 0 Å². The Morgan fingerprint density at radius 2 is 1.74 bits per heavy atom. The van der Waals surface area contributed by atoms with Gasteiger partial charge in [-0.3, -0.25) is 4.79 Å². The largest absolute Gasteiger partial charge is 0.352 e. The van der Waals surface area contributed by atoms with Crippen LogP contribution < -0.4 is 5.32 Å². The molecule has 0 radical (unpaired) electrons. The number of aryl methyl sites for hydroxylation is 1. The highest BCUT2D eigenvalue weighted by molar-refractivity contribution is 5.94. The average Bonchev–Trinajstić information content (AvgIpc) is 3.15. The zero-order valence-electron chi connectivity index (χ0n) is 14.4. The molecule has 0 spiro atoms. The topological polar surface area (TPSA) is 32.3 Å². The van der Waals surface area contributed by atoms with E-state index in [9.17, 15) is 4.79 Å². The number of rotatable bonds is 5. The summed E-state index contributed by atoms with van der Waals surface area (Å²) in [5, 5.41) is 3.13. The van der Waals surface area contributed by atoms with Gasteiger partial charge in [0.05, 0.1) is 0 Å². The smallest absolute Gasteiger partial charge is 0.251 e. The molecule has 126 valence electrons. The van der Waals surface area contributed by atoms with Crippen molar-refractivity contribution < 1.29 is 4.79 Å². The summed E-state index contributed by atoms with van der Waals surface area (Å²) in [5.74, 6) is 0.720. The number of hydrogen-bond acceptors (Lipinski definition) is 2. The van der Waals surface area contributed by atoms with Crippen molar-refractivity contribution in [3.63, 3.8) is 0 Å². The van der Waals surface area contributed by atoms with Crippen LogP contribution in [0.25, 0.3) is 0 Å². The van der Waals surface area contributed by atoms with E-state index in [-0.39, 0.29) is 5.91 Å². The molecule has 0 atom stereocenters. The number of piperidine rings is 1. The van der Waals surface area contributed by atoms with Crippen molar-refractivity contribution >= 4 is 5.91 Å². The van der Waals surface area contributed by atoms with Crippen molar-refractivity contribution in [3.05, 3.63) is 35.4 Å². The van der Waals surface area contributed by atoms with E-state index in [0.717, 1.165) is 24.6 Å². The number of amides is 1. The number of nitrogens with zero attached hydrogens (tertiary/aromatic N) is 1. The fourth-order valence-corrected chi connectivity index (χ4v) is 4.02.